The Labute approximate surface area is 115 Å². The summed E-state index contributed by atoms with van der Waals surface area (Å²) in [5.74, 6) is -0.0293. The Kier molecular flexibility index (Phi) is 6.33. The van der Waals surface area contributed by atoms with Gasteiger partial charge in [0.05, 0.1) is 0 Å². The molecule has 0 saturated carbocycles. The molecule has 0 spiro atoms. The molecular formula is C15H24N2O2. The van der Waals surface area contributed by atoms with E-state index in [1.807, 2.05) is 4.90 Å². The van der Waals surface area contributed by atoms with Gasteiger partial charge >= 0.3 is 0 Å². The molecule has 19 heavy (non-hydrogen) atoms. The Balaban J connectivity index is 2.75. The lowest BCUT2D eigenvalue weighted by Gasteiger charge is -2.21. The molecule has 0 aliphatic rings. The summed E-state index contributed by atoms with van der Waals surface area (Å²) in [4.78, 5) is 28.4. The molecular weight excluding hydrogens is 240 g/mol. The van der Waals surface area contributed by atoms with Gasteiger partial charge in [-0.2, -0.15) is 0 Å². The van der Waals surface area contributed by atoms with E-state index >= 15 is 0 Å². The predicted octanol–water partition coefficient (Wildman–Crippen LogP) is 3.26. The third kappa shape index (κ3) is 4.54. The summed E-state index contributed by atoms with van der Waals surface area (Å²) in [7, 11) is 0. The maximum absolute atomic E-state index is 12.4. The van der Waals surface area contributed by atoms with E-state index in [1.54, 1.807) is 12.3 Å². The van der Waals surface area contributed by atoms with Crippen LogP contribution in [0.2, 0.25) is 0 Å². The zero-order valence-corrected chi connectivity index (χ0v) is 12.2. The largest absolute Gasteiger partial charge is 0.356 e. The van der Waals surface area contributed by atoms with Crippen LogP contribution in [0.4, 0.5) is 0 Å². The second kappa shape index (κ2) is 7.77. The van der Waals surface area contributed by atoms with E-state index < -0.39 is 0 Å². The quantitative estimate of drug-likeness (QED) is 0.733. The molecule has 4 nitrogen and oxygen atoms in total. The van der Waals surface area contributed by atoms with Crippen molar-refractivity contribution in [2.45, 2.75) is 46.5 Å². The minimum absolute atomic E-state index is 0.00519. The summed E-state index contributed by atoms with van der Waals surface area (Å²) < 4.78 is 0. The van der Waals surface area contributed by atoms with Crippen LogP contribution in [0.5, 0.6) is 0 Å². The van der Waals surface area contributed by atoms with Gasteiger partial charge in [-0.1, -0.05) is 26.7 Å². The van der Waals surface area contributed by atoms with Crippen LogP contribution in [0.15, 0.2) is 12.3 Å². The van der Waals surface area contributed by atoms with Crippen LogP contribution < -0.4 is 0 Å². The molecule has 4 heteroatoms. The Morgan fingerprint density at radius 1 is 1.16 bits per heavy atom. The first-order valence-electron chi connectivity index (χ1n) is 7.08. The Morgan fingerprint density at radius 2 is 1.74 bits per heavy atom. The minimum atomic E-state index is -0.0241. The Bertz CT molecular complexity index is 416. The molecule has 1 aromatic rings. The molecule has 0 aliphatic heterocycles. The lowest BCUT2D eigenvalue weighted by atomic mass is 10.2. The van der Waals surface area contributed by atoms with E-state index in [1.165, 1.54) is 6.92 Å². The first-order chi connectivity index (χ1) is 9.10. The van der Waals surface area contributed by atoms with Gasteiger partial charge in [-0.3, -0.25) is 9.59 Å². The number of nitrogens with zero attached hydrogens (tertiary/aromatic N) is 1. The number of amides is 1. The maximum atomic E-state index is 12.4. The SMILES string of the molecule is CCCCN(CCCC)C(=O)c1cc(C(C)=O)c[nH]1. The summed E-state index contributed by atoms with van der Waals surface area (Å²) in [6, 6.07) is 1.65. The number of unbranched alkanes of at least 4 members (excludes halogenated alkanes) is 2. The fraction of sp³-hybridized carbons (Fsp3) is 0.600. The summed E-state index contributed by atoms with van der Waals surface area (Å²) in [6.45, 7) is 7.30. The highest BCUT2D eigenvalue weighted by Gasteiger charge is 2.17. The first kappa shape index (κ1) is 15.5. The molecule has 0 bridgehead atoms. The van der Waals surface area contributed by atoms with Crippen molar-refractivity contribution < 1.29 is 9.59 Å². The van der Waals surface area contributed by atoms with E-state index in [2.05, 4.69) is 18.8 Å². The number of hydrogen-bond acceptors (Lipinski definition) is 2. The van der Waals surface area contributed by atoms with Gasteiger partial charge in [0.2, 0.25) is 0 Å². The number of rotatable bonds is 8. The standard InChI is InChI=1S/C15H24N2O2/c1-4-6-8-17(9-7-5-2)15(19)14-10-13(11-16-14)12(3)18/h10-11,16H,4-9H2,1-3H3. The molecule has 0 radical (unpaired) electrons. The van der Waals surface area contributed by atoms with E-state index in [4.69, 9.17) is 0 Å². The van der Waals surface area contributed by atoms with Crippen LogP contribution in [0.1, 0.15) is 67.3 Å². The number of carbonyl (C=O) groups is 2. The smallest absolute Gasteiger partial charge is 0.270 e. The highest BCUT2D eigenvalue weighted by molar-refractivity contribution is 5.99. The minimum Gasteiger partial charge on any atom is -0.356 e. The summed E-state index contributed by atoms with van der Waals surface area (Å²) >= 11 is 0. The number of ketones is 1. The summed E-state index contributed by atoms with van der Waals surface area (Å²) in [5, 5.41) is 0. The molecule has 1 aromatic heterocycles. The molecule has 0 unspecified atom stereocenters. The van der Waals surface area contributed by atoms with Gasteiger partial charge in [-0.25, -0.2) is 0 Å². The molecule has 0 aromatic carbocycles. The number of aromatic amines is 1. The number of H-pyrrole nitrogens is 1. The van der Waals surface area contributed by atoms with Crippen LogP contribution in [0, 0.1) is 0 Å². The molecule has 1 heterocycles. The van der Waals surface area contributed by atoms with Gasteiger partial charge in [-0.15, -0.1) is 0 Å². The van der Waals surface area contributed by atoms with Crippen molar-refractivity contribution in [1.29, 1.82) is 0 Å². The number of hydrogen-bond donors (Lipinski definition) is 1. The van der Waals surface area contributed by atoms with Crippen LogP contribution in [-0.2, 0) is 0 Å². The monoisotopic (exact) mass is 264 g/mol. The predicted molar refractivity (Wildman–Crippen MR) is 76.5 cm³/mol. The van der Waals surface area contributed by atoms with Gasteiger partial charge in [0.15, 0.2) is 5.78 Å². The third-order valence-electron chi connectivity index (χ3n) is 3.17. The molecule has 1 amide bonds. The zero-order chi connectivity index (χ0) is 14.3. The lowest BCUT2D eigenvalue weighted by molar-refractivity contribution is 0.0746. The van der Waals surface area contributed by atoms with Crippen LogP contribution >= 0.6 is 0 Å². The van der Waals surface area contributed by atoms with Crippen LogP contribution in [-0.4, -0.2) is 34.7 Å². The second-order valence-electron chi connectivity index (χ2n) is 4.86. The highest BCUT2D eigenvalue weighted by Crippen LogP contribution is 2.10. The molecule has 0 fully saturated rings. The number of Topliss-reactive ketones (excluding diaryl/α,β-unsaturated/α-hetero) is 1. The fourth-order valence-electron chi connectivity index (χ4n) is 1.90. The molecule has 1 rings (SSSR count). The first-order valence-corrected chi connectivity index (χ1v) is 7.08. The van der Waals surface area contributed by atoms with Crippen molar-refractivity contribution in [3.8, 4) is 0 Å². The summed E-state index contributed by atoms with van der Waals surface area (Å²) in [5.41, 5.74) is 1.08. The lowest BCUT2D eigenvalue weighted by Crippen LogP contribution is -2.33. The van der Waals surface area contributed by atoms with Gasteiger partial charge in [0, 0.05) is 24.8 Å². The second-order valence-corrected chi connectivity index (χ2v) is 4.86. The number of carbonyl (C=O) groups excluding carboxylic acids is 2. The molecule has 0 atom stereocenters. The molecule has 0 aliphatic carbocycles. The van der Waals surface area contributed by atoms with E-state index in [0.717, 1.165) is 38.8 Å². The third-order valence-corrected chi connectivity index (χ3v) is 3.17. The maximum Gasteiger partial charge on any atom is 0.270 e. The number of aromatic nitrogens is 1. The fourth-order valence-corrected chi connectivity index (χ4v) is 1.90. The van der Waals surface area contributed by atoms with Crippen LogP contribution in [0.3, 0.4) is 0 Å². The topological polar surface area (TPSA) is 53.2 Å². The van der Waals surface area contributed by atoms with Crippen molar-refractivity contribution in [3.05, 3.63) is 23.5 Å². The molecule has 0 saturated heterocycles. The normalized spacial score (nSPS) is 10.5. The van der Waals surface area contributed by atoms with Crippen molar-refractivity contribution >= 4 is 11.7 Å². The Hall–Kier alpha value is -1.58. The van der Waals surface area contributed by atoms with Gasteiger partial charge in [0.25, 0.3) is 5.91 Å². The number of nitrogens with one attached hydrogen (secondary N) is 1. The zero-order valence-electron chi connectivity index (χ0n) is 12.2. The van der Waals surface area contributed by atoms with Gasteiger partial charge in [-0.05, 0) is 25.8 Å². The van der Waals surface area contributed by atoms with Crippen molar-refractivity contribution in [3.63, 3.8) is 0 Å². The molecule has 106 valence electrons. The van der Waals surface area contributed by atoms with Crippen LogP contribution in [0.25, 0.3) is 0 Å². The average molecular weight is 264 g/mol. The van der Waals surface area contributed by atoms with Crippen molar-refractivity contribution in [1.82, 2.24) is 9.88 Å². The van der Waals surface area contributed by atoms with Crippen molar-refractivity contribution in [2.24, 2.45) is 0 Å². The van der Waals surface area contributed by atoms with Gasteiger partial charge in [0.1, 0.15) is 5.69 Å². The van der Waals surface area contributed by atoms with E-state index in [0.29, 0.717) is 11.3 Å². The molecule has 1 N–H and O–H groups in total. The van der Waals surface area contributed by atoms with Gasteiger partial charge < -0.3 is 9.88 Å². The summed E-state index contributed by atoms with van der Waals surface area (Å²) in [6.07, 6.45) is 5.76. The highest BCUT2D eigenvalue weighted by atomic mass is 16.2. The average Bonchev–Trinajstić information content (AvgIpc) is 2.88. The van der Waals surface area contributed by atoms with Crippen molar-refractivity contribution in [2.75, 3.05) is 13.1 Å². The van der Waals surface area contributed by atoms with E-state index in [9.17, 15) is 9.59 Å². The van der Waals surface area contributed by atoms with E-state index in [-0.39, 0.29) is 11.7 Å². The Morgan fingerprint density at radius 3 is 2.16 bits per heavy atom.